The van der Waals surface area contributed by atoms with Gasteiger partial charge >= 0.3 is 0 Å². The Morgan fingerprint density at radius 2 is 1.78 bits per heavy atom. The van der Waals surface area contributed by atoms with E-state index in [1.807, 2.05) is 30.7 Å². The lowest BCUT2D eigenvalue weighted by molar-refractivity contribution is 0.355. The molecule has 2 aromatic rings. The molecule has 0 fully saturated rings. The third-order valence-electron chi connectivity index (χ3n) is 2.85. The number of ether oxygens (including phenoxy) is 2. The summed E-state index contributed by atoms with van der Waals surface area (Å²) in [6.45, 7) is 2.03. The highest BCUT2D eigenvalue weighted by molar-refractivity contribution is 9.10. The lowest BCUT2D eigenvalue weighted by atomic mass is 10.1. The first-order chi connectivity index (χ1) is 8.58. The molecule has 0 radical (unpaired) electrons. The fourth-order valence-electron chi connectivity index (χ4n) is 1.83. The van der Waals surface area contributed by atoms with E-state index in [1.54, 1.807) is 20.5 Å². The molecular weight excluding hydrogens is 296 g/mol. The number of rotatable bonds is 3. The van der Waals surface area contributed by atoms with Crippen LogP contribution in [0.4, 0.5) is 0 Å². The van der Waals surface area contributed by atoms with Gasteiger partial charge in [0.05, 0.1) is 20.5 Å². The van der Waals surface area contributed by atoms with Gasteiger partial charge in [0, 0.05) is 12.6 Å². The van der Waals surface area contributed by atoms with Gasteiger partial charge in [-0.15, -0.1) is 0 Å². The Morgan fingerprint density at radius 1 is 1.17 bits per heavy atom. The van der Waals surface area contributed by atoms with Crippen LogP contribution in [0.2, 0.25) is 0 Å². The van der Waals surface area contributed by atoms with Crippen LogP contribution in [-0.2, 0) is 7.05 Å². The minimum atomic E-state index is 0.704. The van der Waals surface area contributed by atoms with E-state index in [9.17, 15) is 0 Å². The molecular formula is C13H15BrN2O2. The van der Waals surface area contributed by atoms with Crippen molar-refractivity contribution in [1.82, 2.24) is 9.55 Å². The quantitative estimate of drug-likeness (QED) is 0.873. The maximum Gasteiger partial charge on any atom is 0.161 e. The Labute approximate surface area is 115 Å². The molecule has 96 valence electrons. The van der Waals surface area contributed by atoms with Crippen molar-refractivity contribution in [2.24, 2.45) is 7.05 Å². The van der Waals surface area contributed by atoms with Crippen LogP contribution in [0.25, 0.3) is 11.3 Å². The lowest BCUT2D eigenvalue weighted by Gasteiger charge is -2.12. The number of nitrogens with zero attached hydrogens (tertiary/aromatic N) is 2. The first-order valence-electron chi connectivity index (χ1n) is 5.48. The van der Waals surface area contributed by atoms with Crippen LogP contribution >= 0.6 is 15.9 Å². The predicted molar refractivity (Wildman–Crippen MR) is 74.2 cm³/mol. The summed E-state index contributed by atoms with van der Waals surface area (Å²) in [6.07, 6.45) is 1.77. The minimum absolute atomic E-state index is 0.704. The van der Waals surface area contributed by atoms with E-state index in [-0.39, 0.29) is 0 Å². The molecule has 0 atom stereocenters. The van der Waals surface area contributed by atoms with Gasteiger partial charge in [-0.1, -0.05) is 0 Å². The number of imidazole rings is 1. The maximum absolute atomic E-state index is 5.33. The topological polar surface area (TPSA) is 36.3 Å². The number of hydrogen-bond acceptors (Lipinski definition) is 3. The highest BCUT2D eigenvalue weighted by atomic mass is 79.9. The molecule has 1 aromatic heterocycles. The summed E-state index contributed by atoms with van der Waals surface area (Å²) in [4.78, 5) is 4.40. The minimum Gasteiger partial charge on any atom is -0.493 e. The van der Waals surface area contributed by atoms with Crippen molar-refractivity contribution in [3.63, 3.8) is 0 Å². The van der Waals surface area contributed by atoms with Crippen LogP contribution in [0.3, 0.4) is 0 Å². The molecule has 18 heavy (non-hydrogen) atoms. The van der Waals surface area contributed by atoms with Crippen molar-refractivity contribution in [2.75, 3.05) is 14.2 Å². The fourth-order valence-corrected chi connectivity index (χ4v) is 2.24. The molecule has 0 spiro atoms. The van der Waals surface area contributed by atoms with Gasteiger partial charge in [0.1, 0.15) is 10.3 Å². The first kappa shape index (κ1) is 13.0. The average Bonchev–Trinajstić information content (AvgIpc) is 2.70. The van der Waals surface area contributed by atoms with Gasteiger partial charge in [-0.05, 0) is 40.5 Å². The second-order valence-electron chi connectivity index (χ2n) is 4.02. The third kappa shape index (κ3) is 2.10. The Morgan fingerprint density at radius 3 is 2.28 bits per heavy atom. The predicted octanol–water partition coefficient (Wildman–Crippen LogP) is 3.18. The smallest absolute Gasteiger partial charge is 0.161 e. The Bertz CT molecular complexity index is 579. The summed E-state index contributed by atoms with van der Waals surface area (Å²) in [5, 5.41) is 0. The molecule has 0 aliphatic carbocycles. The number of aryl methyl sites for hydroxylation is 2. The number of methoxy groups -OCH3 is 2. The maximum atomic E-state index is 5.33. The number of benzene rings is 1. The molecule has 1 heterocycles. The standard InChI is InChI=1S/C13H15BrN2O2/c1-8-5-10(17-3)11(18-4)6-9(8)12-13(14)16(2)7-15-12/h5-7H,1-4H3. The second kappa shape index (κ2) is 5.02. The zero-order valence-corrected chi connectivity index (χ0v) is 12.4. The van der Waals surface area contributed by atoms with E-state index in [1.165, 1.54) is 0 Å². The number of hydrogen-bond donors (Lipinski definition) is 0. The monoisotopic (exact) mass is 310 g/mol. The summed E-state index contributed by atoms with van der Waals surface area (Å²) in [6, 6.07) is 3.90. The van der Waals surface area contributed by atoms with E-state index in [0.29, 0.717) is 5.75 Å². The average molecular weight is 311 g/mol. The van der Waals surface area contributed by atoms with Gasteiger partial charge in [0.25, 0.3) is 0 Å². The van der Waals surface area contributed by atoms with Gasteiger partial charge in [-0.25, -0.2) is 4.98 Å². The second-order valence-corrected chi connectivity index (χ2v) is 4.77. The molecule has 0 bridgehead atoms. The van der Waals surface area contributed by atoms with Crippen LogP contribution in [-0.4, -0.2) is 23.8 Å². The summed E-state index contributed by atoms with van der Waals surface area (Å²) < 4.78 is 13.5. The molecule has 4 nitrogen and oxygen atoms in total. The molecule has 0 saturated carbocycles. The van der Waals surface area contributed by atoms with Crippen molar-refractivity contribution >= 4 is 15.9 Å². The molecule has 0 amide bonds. The van der Waals surface area contributed by atoms with Crippen molar-refractivity contribution in [3.8, 4) is 22.8 Å². The van der Waals surface area contributed by atoms with Crippen molar-refractivity contribution in [1.29, 1.82) is 0 Å². The van der Waals surface area contributed by atoms with Crippen LogP contribution in [0.15, 0.2) is 23.1 Å². The summed E-state index contributed by atoms with van der Waals surface area (Å²) in [5.41, 5.74) is 3.02. The van der Waals surface area contributed by atoms with Crippen molar-refractivity contribution < 1.29 is 9.47 Å². The zero-order valence-electron chi connectivity index (χ0n) is 10.8. The highest BCUT2D eigenvalue weighted by Crippen LogP contribution is 2.37. The lowest BCUT2D eigenvalue weighted by Crippen LogP contribution is -1.94. The third-order valence-corrected chi connectivity index (χ3v) is 3.79. The molecule has 0 aliphatic rings. The molecule has 0 aliphatic heterocycles. The summed E-state index contributed by atoms with van der Waals surface area (Å²) in [5.74, 6) is 1.43. The SMILES string of the molecule is COc1cc(C)c(-c2ncn(C)c2Br)cc1OC. The highest BCUT2D eigenvalue weighted by Gasteiger charge is 2.15. The molecule has 1 aromatic carbocycles. The fraction of sp³-hybridized carbons (Fsp3) is 0.308. The summed E-state index contributed by atoms with van der Waals surface area (Å²) >= 11 is 3.53. The van der Waals surface area contributed by atoms with E-state index >= 15 is 0 Å². The van der Waals surface area contributed by atoms with Crippen LogP contribution in [0.1, 0.15) is 5.56 Å². The first-order valence-corrected chi connectivity index (χ1v) is 6.27. The summed E-state index contributed by atoms with van der Waals surface area (Å²) in [7, 11) is 5.20. The Hall–Kier alpha value is -1.49. The van der Waals surface area contributed by atoms with Crippen molar-refractivity contribution in [2.45, 2.75) is 6.92 Å². The normalized spacial score (nSPS) is 10.5. The van der Waals surface area contributed by atoms with Gasteiger partial charge in [-0.2, -0.15) is 0 Å². The van der Waals surface area contributed by atoms with Gasteiger partial charge in [0.15, 0.2) is 11.5 Å². The van der Waals surface area contributed by atoms with Gasteiger partial charge < -0.3 is 14.0 Å². The van der Waals surface area contributed by atoms with E-state index in [2.05, 4.69) is 20.9 Å². The van der Waals surface area contributed by atoms with E-state index < -0.39 is 0 Å². The largest absolute Gasteiger partial charge is 0.493 e. The van der Waals surface area contributed by atoms with Gasteiger partial charge in [0.2, 0.25) is 0 Å². The molecule has 0 unspecified atom stereocenters. The van der Waals surface area contributed by atoms with E-state index in [0.717, 1.165) is 27.2 Å². The van der Waals surface area contributed by atoms with Crippen LogP contribution in [0, 0.1) is 6.92 Å². The molecule has 2 rings (SSSR count). The Balaban J connectivity index is 2.61. The number of halogens is 1. The molecule has 0 N–H and O–H groups in total. The number of aromatic nitrogens is 2. The van der Waals surface area contributed by atoms with Crippen molar-refractivity contribution in [3.05, 3.63) is 28.6 Å². The molecule has 0 saturated heterocycles. The Kier molecular flexibility index (Phi) is 3.61. The van der Waals surface area contributed by atoms with Crippen LogP contribution in [0.5, 0.6) is 11.5 Å². The van der Waals surface area contributed by atoms with Crippen LogP contribution < -0.4 is 9.47 Å². The van der Waals surface area contributed by atoms with Gasteiger partial charge in [-0.3, -0.25) is 0 Å². The van der Waals surface area contributed by atoms with E-state index in [4.69, 9.17) is 9.47 Å². The molecule has 5 heteroatoms. The zero-order chi connectivity index (χ0) is 13.3.